The third-order valence-electron chi connectivity index (χ3n) is 2.78. The quantitative estimate of drug-likeness (QED) is 0.497. The van der Waals surface area contributed by atoms with Gasteiger partial charge in [0.05, 0.1) is 5.92 Å². The lowest BCUT2D eigenvalue weighted by molar-refractivity contribution is -0.139. The van der Waals surface area contributed by atoms with Gasteiger partial charge in [0.25, 0.3) is 0 Å². The van der Waals surface area contributed by atoms with E-state index in [4.69, 9.17) is 0 Å². The second kappa shape index (κ2) is 5.80. The summed E-state index contributed by atoms with van der Waals surface area (Å²) in [6.45, 7) is 5.04. The fraction of sp³-hybridized carbons (Fsp3) is 0.667. The van der Waals surface area contributed by atoms with Crippen LogP contribution in [0.1, 0.15) is 19.3 Å². The van der Waals surface area contributed by atoms with Gasteiger partial charge in [0.2, 0.25) is 11.8 Å². The highest BCUT2D eigenvalue weighted by atomic mass is 16.2. The Morgan fingerprint density at radius 1 is 1.50 bits per heavy atom. The number of allylic oxidation sites excluding steroid dienone is 1. The molecule has 0 saturated carbocycles. The van der Waals surface area contributed by atoms with Crippen molar-refractivity contribution in [2.45, 2.75) is 19.3 Å². The number of likely N-dealkylation sites (tertiary alicyclic amines) is 1. The molecule has 0 aliphatic carbocycles. The van der Waals surface area contributed by atoms with Gasteiger partial charge >= 0.3 is 0 Å². The average molecular weight is 224 g/mol. The maximum absolute atomic E-state index is 11.8. The van der Waals surface area contributed by atoms with Gasteiger partial charge < -0.3 is 4.90 Å². The van der Waals surface area contributed by atoms with Crippen LogP contribution in [0.25, 0.3) is 0 Å². The van der Waals surface area contributed by atoms with E-state index in [2.05, 4.69) is 6.58 Å². The first kappa shape index (κ1) is 12.9. The molecule has 0 N–H and O–H groups in total. The minimum Gasteiger partial charge on any atom is -0.309 e. The van der Waals surface area contributed by atoms with Crippen LogP contribution < -0.4 is 0 Å². The van der Waals surface area contributed by atoms with Crippen molar-refractivity contribution >= 4 is 11.8 Å². The number of hydrogen-bond donors (Lipinski definition) is 0. The van der Waals surface area contributed by atoms with Gasteiger partial charge in [-0.1, -0.05) is 6.08 Å². The average Bonchev–Trinajstić information content (AvgIpc) is 2.45. The van der Waals surface area contributed by atoms with Crippen LogP contribution in [-0.2, 0) is 9.59 Å². The summed E-state index contributed by atoms with van der Waals surface area (Å²) in [7, 11) is 3.96. The molecule has 0 bridgehead atoms. The minimum absolute atomic E-state index is 0.0244. The number of nitrogens with zero attached hydrogens (tertiary/aromatic N) is 2. The summed E-state index contributed by atoms with van der Waals surface area (Å²) in [6, 6.07) is 0. The molecule has 0 radical (unpaired) electrons. The normalized spacial score (nSPS) is 20.9. The molecule has 1 aliphatic rings. The van der Waals surface area contributed by atoms with Gasteiger partial charge in [0.1, 0.15) is 0 Å². The largest absolute Gasteiger partial charge is 0.309 e. The van der Waals surface area contributed by atoms with Crippen molar-refractivity contribution in [1.29, 1.82) is 0 Å². The first-order valence-electron chi connectivity index (χ1n) is 5.66. The summed E-state index contributed by atoms with van der Waals surface area (Å²) < 4.78 is 0. The van der Waals surface area contributed by atoms with E-state index in [1.54, 1.807) is 6.08 Å². The zero-order chi connectivity index (χ0) is 12.1. The SMILES string of the molecule is C=CCC1CC(=O)N(CCCN(C)C)C1=O. The van der Waals surface area contributed by atoms with Crippen molar-refractivity contribution in [3.05, 3.63) is 12.7 Å². The van der Waals surface area contributed by atoms with E-state index in [1.807, 2.05) is 19.0 Å². The Kier molecular flexibility index (Phi) is 4.68. The molecule has 1 rings (SSSR count). The van der Waals surface area contributed by atoms with Crippen LogP contribution >= 0.6 is 0 Å². The molecule has 90 valence electrons. The van der Waals surface area contributed by atoms with Crippen molar-refractivity contribution in [2.75, 3.05) is 27.2 Å². The van der Waals surface area contributed by atoms with Gasteiger partial charge in [-0.25, -0.2) is 0 Å². The molecule has 1 atom stereocenters. The zero-order valence-electron chi connectivity index (χ0n) is 10.1. The highest BCUT2D eigenvalue weighted by molar-refractivity contribution is 6.03. The minimum atomic E-state index is -0.163. The maximum Gasteiger partial charge on any atom is 0.233 e. The van der Waals surface area contributed by atoms with E-state index in [0.29, 0.717) is 19.4 Å². The number of rotatable bonds is 6. The molecule has 1 heterocycles. The molecule has 4 heteroatoms. The third-order valence-corrected chi connectivity index (χ3v) is 2.78. The molecule has 0 aromatic heterocycles. The van der Waals surface area contributed by atoms with Gasteiger partial charge in [0, 0.05) is 13.0 Å². The Morgan fingerprint density at radius 2 is 2.19 bits per heavy atom. The maximum atomic E-state index is 11.8. The van der Waals surface area contributed by atoms with Crippen molar-refractivity contribution in [1.82, 2.24) is 9.80 Å². The fourth-order valence-corrected chi connectivity index (χ4v) is 1.92. The van der Waals surface area contributed by atoms with E-state index in [0.717, 1.165) is 13.0 Å². The Balaban J connectivity index is 2.44. The second-order valence-corrected chi connectivity index (χ2v) is 4.47. The van der Waals surface area contributed by atoms with Crippen LogP contribution in [0.2, 0.25) is 0 Å². The van der Waals surface area contributed by atoms with E-state index in [9.17, 15) is 9.59 Å². The highest BCUT2D eigenvalue weighted by Crippen LogP contribution is 2.22. The van der Waals surface area contributed by atoms with E-state index >= 15 is 0 Å². The molecule has 0 spiro atoms. The number of amides is 2. The Morgan fingerprint density at radius 3 is 2.75 bits per heavy atom. The fourth-order valence-electron chi connectivity index (χ4n) is 1.92. The van der Waals surface area contributed by atoms with Gasteiger partial charge in [-0.15, -0.1) is 6.58 Å². The zero-order valence-corrected chi connectivity index (χ0v) is 10.1. The lowest BCUT2D eigenvalue weighted by atomic mass is 10.0. The van der Waals surface area contributed by atoms with Crippen molar-refractivity contribution in [2.24, 2.45) is 5.92 Å². The number of carbonyl (C=O) groups excluding carboxylic acids is 2. The summed E-state index contributed by atoms with van der Waals surface area (Å²) in [5.74, 6) is -0.219. The van der Waals surface area contributed by atoms with Crippen LogP contribution in [0.15, 0.2) is 12.7 Å². The predicted molar refractivity (Wildman–Crippen MR) is 62.8 cm³/mol. The summed E-state index contributed by atoms with van der Waals surface area (Å²) in [4.78, 5) is 26.9. The molecule has 2 amide bonds. The molecule has 1 fully saturated rings. The molecule has 0 aromatic carbocycles. The van der Waals surface area contributed by atoms with E-state index in [1.165, 1.54) is 4.90 Å². The molecule has 0 aromatic rings. The number of imide groups is 1. The van der Waals surface area contributed by atoms with Crippen molar-refractivity contribution in [3.63, 3.8) is 0 Å². The standard InChI is InChI=1S/C12H20N2O2/c1-4-6-10-9-11(15)14(12(10)16)8-5-7-13(2)3/h4,10H,1,5-9H2,2-3H3. The highest BCUT2D eigenvalue weighted by Gasteiger charge is 2.36. The summed E-state index contributed by atoms with van der Waals surface area (Å²) in [6.07, 6.45) is 3.51. The lowest BCUT2D eigenvalue weighted by Crippen LogP contribution is -2.33. The van der Waals surface area contributed by atoms with Crippen molar-refractivity contribution in [3.8, 4) is 0 Å². The first-order chi connectivity index (χ1) is 7.56. The number of carbonyl (C=O) groups is 2. The Labute approximate surface area is 96.9 Å². The van der Waals surface area contributed by atoms with Gasteiger partial charge in [0.15, 0.2) is 0 Å². The summed E-state index contributed by atoms with van der Waals surface area (Å²) >= 11 is 0. The van der Waals surface area contributed by atoms with Gasteiger partial charge in [-0.3, -0.25) is 14.5 Å². The van der Waals surface area contributed by atoms with Gasteiger partial charge in [-0.05, 0) is 33.5 Å². The van der Waals surface area contributed by atoms with Crippen LogP contribution in [0, 0.1) is 5.92 Å². The molecule has 16 heavy (non-hydrogen) atoms. The number of hydrogen-bond acceptors (Lipinski definition) is 3. The first-order valence-corrected chi connectivity index (χ1v) is 5.66. The van der Waals surface area contributed by atoms with Crippen LogP contribution in [0.4, 0.5) is 0 Å². The Hall–Kier alpha value is -1.16. The topological polar surface area (TPSA) is 40.6 Å². The predicted octanol–water partition coefficient (Wildman–Crippen LogP) is 0.889. The molecule has 1 unspecified atom stereocenters. The molecule has 4 nitrogen and oxygen atoms in total. The molecule has 1 saturated heterocycles. The smallest absolute Gasteiger partial charge is 0.233 e. The monoisotopic (exact) mass is 224 g/mol. The Bertz CT molecular complexity index is 287. The summed E-state index contributed by atoms with van der Waals surface area (Å²) in [5, 5.41) is 0. The molecular weight excluding hydrogens is 204 g/mol. The summed E-state index contributed by atoms with van der Waals surface area (Å²) in [5.41, 5.74) is 0. The van der Waals surface area contributed by atoms with Crippen LogP contribution in [0.3, 0.4) is 0 Å². The lowest BCUT2D eigenvalue weighted by Gasteiger charge is -2.16. The van der Waals surface area contributed by atoms with E-state index in [-0.39, 0.29) is 17.7 Å². The van der Waals surface area contributed by atoms with E-state index < -0.39 is 0 Å². The van der Waals surface area contributed by atoms with Crippen molar-refractivity contribution < 1.29 is 9.59 Å². The second-order valence-electron chi connectivity index (χ2n) is 4.47. The molecule has 1 aliphatic heterocycles. The van der Waals surface area contributed by atoms with Crippen LogP contribution in [-0.4, -0.2) is 48.8 Å². The molecular formula is C12H20N2O2. The third kappa shape index (κ3) is 3.17. The van der Waals surface area contributed by atoms with Gasteiger partial charge in [-0.2, -0.15) is 0 Å². The van der Waals surface area contributed by atoms with Crippen LogP contribution in [0.5, 0.6) is 0 Å².